The Labute approximate surface area is 130 Å². The van der Waals surface area contributed by atoms with Gasteiger partial charge in [0, 0.05) is 17.1 Å². The average molecular weight is 385 g/mol. The molecule has 0 heterocycles. The van der Waals surface area contributed by atoms with Gasteiger partial charge in [0.05, 0.1) is 6.26 Å². The molecule has 1 aromatic carbocycles. The van der Waals surface area contributed by atoms with Crippen molar-refractivity contribution in [3.8, 4) is 0 Å². The first kappa shape index (κ1) is 18.0. The summed E-state index contributed by atoms with van der Waals surface area (Å²) in [6.07, 6.45) is -1.62. The Morgan fingerprint density at radius 3 is 2.43 bits per heavy atom. The summed E-state index contributed by atoms with van der Waals surface area (Å²) in [4.78, 5) is 11.7. The van der Waals surface area contributed by atoms with Crippen molar-refractivity contribution in [3.05, 3.63) is 33.8 Å². The van der Waals surface area contributed by atoms with Gasteiger partial charge >= 0.3 is 0 Å². The number of halogens is 3. The van der Waals surface area contributed by atoms with E-state index in [1.165, 1.54) is 25.2 Å². The van der Waals surface area contributed by atoms with Crippen LogP contribution in [-0.2, 0) is 21.2 Å². The Kier molecular flexibility index (Phi) is 6.24. The third-order valence-corrected chi connectivity index (χ3v) is 4.06. The van der Waals surface area contributed by atoms with Crippen LogP contribution in [0.5, 0.6) is 0 Å². The van der Waals surface area contributed by atoms with Gasteiger partial charge in [0.1, 0.15) is 6.04 Å². The van der Waals surface area contributed by atoms with E-state index in [-0.39, 0.29) is 16.5 Å². The Balaban J connectivity index is 2.98. The third-order valence-electron chi connectivity index (χ3n) is 2.66. The van der Waals surface area contributed by atoms with Gasteiger partial charge in [-0.3, -0.25) is 4.79 Å². The molecule has 118 valence electrons. The zero-order chi connectivity index (χ0) is 16.2. The number of carbonyl (C=O) groups excluding carboxylic acids is 1. The van der Waals surface area contributed by atoms with Crippen LogP contribution in [-0.4, -0.2) is 33.7 Å². The fraction of sp³-hybridized carbons (Fsp3) is 0.417. The molecule has 1 atom stereocenters. The van der Waals surface area contributed by atoms with E-state index in [0.29, 0.717) is 5.56 Å². The van der Waals surface area contributed by atoms with Crippen LogP contribution in [0.4, 0.5) is 8.78 Å². The van der Waals surface area contributed by atoms with Gasteiger partial charge in [0.15, 0.2) is 0 Å². The fourth-order valence-electron chi connectivity index (χ4n) is 1.73. The first-order chi connectivity index (χ1) is 9.64. The van der Waals surface area contributed by atoms with Crippen molar-refractivity contribution < 1.29 is 22.0 Å². The van der Waals surface area contributed by atoms with Crippen LogP contribution in [0.25, 0.3) is 0 Å². The van der Waals surface area contributed by atoms with E-state index in [4.69, 9.17) is 0 Å². The number of rotatable bonds is 6. The standard InChI is InChI=1S/C12H15BrF2N2O3S/c1-16-12(18)10(17-21(2,19)20)6-7-3-4-8(11(14)15)9(13)5-7/h3-5,10-11,17H,6H2,1-2H3,(H,16,18). The molecular formula is C12H15BrF2N2O3S. The first-order valence-corrected chi connectivity index (χ1v) is 8.58. The molecule has 0 aromatic heterocycles. The molecule has 0 aliphatic carbocycles. The summed E-state index contributed by atoms with van der Waals surface area (Å²) in [5.74, 6) is -0.505. The molecule has 0 aliphatic heterocycles. The van der Waals surface area contributed by atoms with Gasteiger partial charge in [-0.05, 0) is 18.1 Å². The van der Waals surface area contributed by atoms with Crippen LogP contribution in [0.1, 0.15) is 17.6 Å². The third kappa shape index (κ3) is 5.68. The summed E-state index contributed by atoms with van der Waals surface area (Å²) < 4.78 is 50.2. The minimum Gasteiger partial charge on any atom is -0.358 e. The number of hydrogen-bond acceptors (Lipinski definition) is 3. The molecule has 0 fully saturated rings. The van der Waals surface area contributed by atoms with Crippen molar-refractivity contribution in [1.29, 1.82) is 0 Å². The molecule has 0 spiro atoms. The van der Waals surface area contributed by atoms with E-state index >= 15 is 0 Å². The number of nitrogens with one attached hydrogen (secondary N) is 2. The van der Waals surface area contributed by atoms with Gasteiger partial charge in [0.2, 0.25) is 15.9 Å². The number of sulfonamides is 1. The Hall–Kier alpha value is -1.06. The predicted octanol–water partition coefficient (Wildman–Crippen LogP) is 1.59. The molecule has 0 saturated carbocycles. The molecule has 9 heteroatoms. The second kappa shape index (κ2) is 7.28. The van der Waals surface area contributed by atoms with Gasteiger partial charge in [-0.15, -0.1) is 0 Å². The van der Waals surface area contributed by atoms with Crippen LogP contribution in [0.15, 0.2) is 22.7 Å². The SMILES string of the molecule is CNC(=O)C(Cc1ccc(C(F)F)c(Br)c1)NS(C)(=O)=O. The predicted molar refractivity (Wildman–Crippen MR) is 78.6 cm³/mol. The maximum absolute atomic E-state index is 12.6. The maximum atomic E-state index is 12.6. The highest BCUT2D eigenvalue weighted by Gasteiger charge is 2.22. The lowest BCUT2D eigenvalue weighted by Crippen LogP contribution is -2.46. The molecule has 0 saturated heterocycles. The lowest BCUT2D eigenvalue weighted by molar-refractivity contribution is -0.122. The topological polar surface area (TPSA) is 75.3 Å². The summed E-state index contributed by atoms with van der Waals surface area (Å²) >= 11 is 3.03. The molecule has 0 bridgehead atoms. The number of carbonyl (C=O) groups is 1. The molecule has 2 N–H and O–H groups in total. The minimum atomic E-state index is -3.57. The second-order valence-electron chi connectivity index (χ2n) is 4.42. The minimum absolute atomic E-state index is 0.0505. The summed E-state index contributed by atoms with van der Waals surface area (Å²) in [7, 11) is -2.19. The highest BCUT2D eigenvalue weighted by Crippen LogP contribution is 2.28. The smallest absolute Gasteiger partial charge is 0.264 e. The Bertz CT molecular complexity index is 623. The summed E-state index contributed by atoms with van der Waals surface area (Å²) in [6, 6.07) is 3.12. The van der Waals surface area contributed by atoms with Crippen LogP contribution in [0.2, 0.25) is 0 Å². The van der Waals surface area contributed by atoms with Gasteiger partial charge in [-0.1, -0.05) is 28.1 Å². The maximum Gasteiger partial charge on any atom is 0.264 e. The van der Waals surface area contributed by atoms with Gasteiger partial charge in [-0.25, -0.2) is 21.9 Å². The molecular weight excluding hydrogens is 370 g/mol. The number of hydrogen-bond donors (Lipinski definition) is 2. The van der Waals surface area contributed by atoms with E-state index in [2.05, 4.69) is 26.0 Å². The highest BCUT2D eigenvalue weighted by atomic mass is 79.9. The van der Waals surface area contributed by atoms with Gasteiger partial charge in [0.25, 0.3) is 6.43 Å². The summed E-state index contributed by atoms with van der Waals surface area (Å²) in [6.45, 7) is 0. The second-order valence-corrected chi connectivity index (χ2v) is 7.05. The molecule has 1 unspecified atom stereocenters. The monoisotopic (exact) mass is 384 g/mol. The number of likely N-dealkylation sites (N-methyl/N-ethyl adjacent to an activating group) is 1. The van der Waals surface area contributed by atoms with E-state index in [9.17, 15) is 22.0 Å². The van der Waals surface area contributed by atoms with Crippen LogP contribution >= 0.6 is 15.9 Å². The Morgan fingerprint density at radius 1 is 1.38 bits per heavy atom. The van der Waals surface area contributed by atoms with Gasteiger partial charge < -0.3 is 5.32 Å². The molecule has 1 aromatic rings. The van der Waals surface area contributed by atoms with Gasteiger partial charge in [-0.2, -0.15) is 0 Å². The van der Waals surface area contributed by atoms with Crippen LogP contribution in [0, 0.1) is 0 Å². The van der Waals surface area contributed by atoms with E-state index < -0.39 is 28.4 Å². The van der Waals surface area contributed by atoms with E-state index in [0.717, 1.165) is 6.26 Å². The highest BCUT2D eigenvalue weighted by molar-refractivity contribution is 9.10. The number of benzene rings is 1. The van der Waals surface area contributed by atoms with Crippen molar-refractivity contribution in [3.63, 3.8) is 0 Å². The van der Waals surface area contributed by atoms with E-state index in [1.807, 2.05) is 0 Å². The zero-order valence-electron chi connectivity index (χ0n) is 11.4. The zero-order valence-corrected chi connectivity index (χ0v) is 13.8. The first-order valence-electron chi connectivity index (χ1n) is 5.89. The van der Waals surface area contributed by atoms with Crippen LogP contribution in [0.3, 0.4) is 0 Å². The molecule has 5 nitrogen and oxygen atoms in total. The van der Waals surface area contributed by atoms with Crippen molar-refractivity contribution >= 4 is 31.9 Å². The molecule has 0 radical (unpaired) electrons. The van der Waals surface area contributed by atoms with Crippen molar-refractivity contribution in [2.45, 2.75) is 18.9 Å². The lowest BCUT2D eigenvalue weighted by atomic mass is 10.0. The van der Waals surface area contributed by atoms with Crippen molar-refractivity contribution in [1.82, 2.24) is 10.0 Å². The van der Waals surface area contributed by atoms with Crippen molar-refractivity contribution in [2.24, 2.45) is 0 Å². The molecule has 21 heavy (non-hydrogen) atoms. The molecule has 1 rings (SSSR count). The normalized spacial score (nSPS) is 13.2. The lowest BCUT2D eigenvalue weighted by Gasteiger charge is -2.16. The summed E-state index contributed by atoms with van der Waals surface area (Å²) in [5, 5.41) is 2.35. The number of amides is 1. The van der Waals surface area contributed by atoms with Crippen LogP contribution < -0.4 is 10.0 Å². The quantitative estimate of drug-likeness (QED) is 0.781. The average Bonchev–Trinajstić information content (AvgIpc) is 2.35. The molecule has 1 amide bonds. The largest absolute Gasteiger partial charge is 0.358 e. The number of alkyl halides is 2. The Morgan fingerprint density at radius 2 is 2.00 bits per heavy atom. The van der Waals surface area contributed by atoms with Crippen molar-refractivity contribution in [2.75, 3.05) is 13.3 Å². The fourth-order valence-corrected chi connectivity index (χ4v) is 3.04. The summed E-state index contributed by atoms with van der Waals surface area (Å²) in [5.41, 5.74) is 0.391. The molecule has 0 aliphatic rings. The van der Waals surface area contributed by atoms with E-state index in [1.54, 1.807) is 0 Å².